The first-order chi connectivity index (χ1) is 18.2. The van der Waals surface area contributed by atoms with Gasteiger partial charge in [-0.2, -0.15) is 0 Å². The number of carbonyl (C=O) groups excluding carboxylic acids is 3. The van der Waals surface area contributed by atoms with E-state index < -0.39 is 12.0 Å². The van der Waals surface area contributed by atoms with E-state index in [1.807, 2.05) is 18.7 Å². The predicted octanol–water partition coefficient (Wildman–Crippen LogP) is 4.65. The number of ether oxygens (including phenoxy) is 5. The minimum atomic E-state index is -0.761. The first-order valence-corrected chi connectivity index (χ1v) is 13.2. The lowest BCUT2D eigenvalue weighted by atomic mass is 10.0. The molecule has 0 aliphatic heterocycles. The highest BCUT2D eigenvalue weighted by Gasteiger charge is 2.30. The summed E-state index contributed by atoms with van der Waals surface area (Å²) in [5.74, 6) is 0.406. The summed E-state index contributed by atoms with van der Waals surface area (Å²) in [5.41, 5.74) is 1.89. The smallest absolute Gasteiger partial charge is 0.323 e. The third kappa shape index (κ3) is 9.79. The first-order valence-electron chi connectivity index (χ1n) is 12.4. The van der Waals surface area contributed by atoms with Crippen molar-refractivity contribution in [2.45, 2.75) is 52.0 Å². The van der Waals surface area contributed by atoms with Crippen molar-refractivity contribution in [3.8, 4) is 11.5 Å². The number of nitrogens with zero attached hydrogens (tertiary/aromatic N) is 1. The fraction of sp³-hybridized carbons (Fsp3) is 0.536. The van der Waals surface area contributed by atoms with Crippen LogP contribution in [0.4, 0.5) is 0 Å². The van der Waals surface area contributed by atoms with Gasteiger partial charge in [-0.25, -0.2) is 0 Å². The lowest BCUT2D eigenvalue weighted by Gasteiger charge is -2.30. The van der Waals surface area contributed by atoms with Gasteiger partial charge in [0.25, 0.3) is 0 Å². The van der Waals surface area contributed by atoms with Crippen molar-refractivity contribution in [2.75, 3.05) is 48.6 Å². The molecule has 0 unspecified atom stereocenters. The number of carbonyl (C=O) groups is 3. The van der Waals surface area contributed by atoms with Crippen LogP contribution in [-0.2, 0) is 35.0 Å². The summed E-state index contributed by atoms with van der Waals surface area (Å²) in [6.45, 7) is 4.24. The number of allylic oxidation sites excluding steroid dienone is 2. The van der Waals surface area contributed by atoms with Gasteiger partial charge in [0, 0.05) is 41.6 Å². The number of Topliss-reactive ketones (excluding diaryl/α,β-unsaturated/α-hetero) is 2. The molecule has 0 amide bonds. The van der Waals surface area contributed by atoms with Gasteiger partial charge in [-0.05, 0) is 37.0 Å². The molecular weight excluding hydrogens is 558 g/mol. The zero-order valence-corrected chi connectivity index (χ0v) is 25.0. The molecule has 9 nitrogen and oxygen atoms in total. The maximum Gasteiger partial charge on any atom is 0.323 e. The van der Waals surface area contributed by atoms with Crippen LogP contribution in [0.15, 0.2) is 40.3 Å². The van der Waals surface area contributed by atoms with Crippen LogP contribution in [0.5, 0.6) is 11.5 Å². The molecule has 0 heterocycles. The zero-order chi connectivity index (χ0) is 28.7. The summed E-state index contributed by atoms with van der Waals surface area (Å²) in [7, 11) is 7.39. The van der Waals surface area contributed by atoms with Gasteiger partial charge in [0.1, 0.15) is 6.04 Å². The van der Waals surface area contributed by atoms with E-state index in [-0.39, 0.29) is 43.9 Å². The summed E-state index contributed by atoms with van der Waals surface area (Å²) in [6.07, 6.45) is 4.46. The number of ketones is 2. The molecule has 0 N–H and O–H groups in total. The molecule has 1 rings (SSSR count). The molecule has 1 aromatic carbocycles. The molecule has 0 fully saturated rings. The number of halogens is 1. The predicted molar refractivity (Wildman–Crippen MR) is 148 cm³/mol. The molecule has 0 aromatic heterocycles. The number of hydrogen-bond acceptors (Lipinski definition) is 9. The summed E-state index contributed by atoms with van der Waals surface area (Å²) < 4.78 is 26.8. The largest absolute Gasteiger partial charge is 0.504 e. The van der Waals surface area contributed by atoms with Gasteiger partial charge >= 0.3 is 5.97 Å². The highest BCUT2D eigenvalue weighted by atomic mass is 79.9. The van der Waals surface area contributed by atoms with Crippen LogP contribution >= 0.6 is 15.9 Å². The third-order valence-corrected chi connectivity index (χ3v) is 6.87. The summed E-state index contributed by atoms with van der Waals surface area (Å²) in [5, 5.41) is 0. The second-order valence-electron chi connectivity index (χ2n) is 8.39. The maximum absolute atomic E-state index is 13.1. The maximum atomic E-state index is 13.1. The van der Waals surface area contributed by atoms with Crippen LogP contribution in [0.1, 0.15) is 45.1 Å². The van der Waals surface area contributed by atoms with Crippen molar-refractivity contribution < 1.29 is 38.1 Å². The lowest BCUT2D eigenvalue weighted by Crippen LogP contribution is -2.45. The average Bonchev–Trinajstić information content (AvgIpc) is 2.93. The molecule has 0 radical (unpaired) electrons. The zero-order valence-electron chi connectivity index (χ0n) is 23.4. The molecule has 0 saturated heterocycles. The molecular formula is C28H40BrNO8. The molecule has 1 aromatic rings. The third-order valence-electron chi connectivity index (χ3n) is 6.13. The van der Waals surface area contributed by atoms with Crippen molar-refractivity contribution in [1.82, 2.24) is 4.90 Å². The monoisotopic (exact) mass is 597 g/mol. The number of benzene rings is 1. The second kappa shape index (κ2) is 17.6. The van der Waals surface area contributed by atoms with E-state index in [2.05, 4.69) is 15.9 Å². The van der Waals surface area contributed by atoms with Gasteiger partial charge in [0.05, 0.1) is 48.1 Å². The Morgan fingerprint density at radius 1 is 0.842 bits per heavy atom. The molecule has 0 spiro atoms. The normalized spacial score (nSPS) is 12.7. The average molecular weight is 599 g/mol. The van der Waals surface area contributed by atoms with Gasteiger partial charge in [-0.15, -0.1) is 0 Å². The Labute approximate surface area is 234 Å². The quantitative estimate of drug-likeness (QED) is 0.136. The minimum Gasteiger partial charge on any atom is -0.504 e. The van der Waals surface area contributed by atoms with E-state index in [1.165, 1.54) is 41.0 Å². The number of hydrogen-bond donors (Lipinski definition) is 0. The van der Waals surface area contributed by atoms with Crippen molar-refractivity contribution in [1.29, 1.82) is 0 Å². The summed E-state index contributed by atoms with van der Waals surface area (Å²) >= 11 is 3.56. The number of methoxy groups -OCH3 is 5. The van der Waals surface area contributed by atoms with Gasteiger partial charge in [0.15, 0.2) is 23.1 Å². The van der Waals surface area contributed by atoms with Crippen LogP contribution < -0.4 is 9.47 Å². The summed E-state index contributed by atoms with van der Waals surface area (Å²) in [4.78, 5) is 40.6. The Morgan fingerprint density at radius 3 is 1.71 bits per heavy atom. The Morgan fingerprint density at radius 2 is 1.32 bits per heavy atom. The van der Waals surface area contributed by atoms with Crippen molar-refractivity contribution in [3.63, 3.8) is 0 Å². The standard InChI is InChI=1S/C28H40BrNO8/c1-8-19(17-34-3)24(31)10-12-30(13-11-25(32)20(9-2)18-35-4)23(28(33)38-7)14-21-15-26(36-5)27(37-6)16-22(21)29/h15-18,23H,8-14H2,1-7H3/b19-17+,20-18+/t23-/m0/s1. The molecule has 0 aliphatic rings. The van der Waals surface area contributed by atoms with Crippen molar-refractivity contribution in [3.05, 3.63) is 45.8 Å². The molecule has 212 valence electrons. The van der Waals surface area contributed by atoms with E-state index in [9.17, 15) is 14.4 Å². The van der Waals surface area contributed by atoms with Crippen molar-refractivity contribution >= 4 is 33.5 Å². The molecule has 0 saturated carbocycles. The fourth-order valence-electron chi connectivity index (χ4n) is 3.97. The van der Waals surface area contributed by atoms with E-state index in [4.69, 9.17) is 23.7 Å². The van der Waals surface area contributed by atoms with Crippen LogP contribution in [-0.4, -0.2) is 77.1 Å². The van der Waals surface area contributed by atoms with Crippen LogP contribution in [0, 0.1) is 0 Å². The van der Waals surface area contributed by atoms with E-state index in [1.54, 1.807) is 19.2 Å². The summed E-state index contributed by atoms with van der Waals surface area (Å²) in [6, 6.07) is 2.80. The first kappa shape index (κ1) is 33.2. The second-order valence-corrected chi connectivity index (χ2v) is 9.24. The van der Waals surface area contributed by atoms with Gasteiger partial charge in [-0.1, -0.05) is 29.8 Å². The Bertz CT molecular complexity index is 967. The highest BCUT2D eigenvalue weighted by molar-refractivity contribution is 9.10. The van der Waals surface area contributed by atoms with Gasteiger partial charge in [0.2, 0.25) is 0 Å². The Kier molecular flexibility index (Phi) is 15.4. The number of esters is 1. The van der Waals surface area contributed by atoms with E-state index in [0.717, 1.165) is 10.0 Å². The SMILES string of the molecule is CC/C(=C\OC)C(=O)CCN(CCC(=O)/C(=C/OC)CC)[C@@H](Cc1cc(OC)c(OC)cc1Br)C(=O)OC. The van der Waals surface area contributed by atoms with Crippen LogP contribution in [0.2, 0.25) is 0 Å². The van der Waals surface area contributed by atoms with Crippen molar-refractivity contribution in [2.24, 2.45) is 0 Å². The minimum absolute atomic E-state index is 0.0879. The van der Waals surface area contributed by atoms with E-state index >= 15 is 0 Å². The molecule has 10 heteroatoms. The highest BCUT2D eigenvalue weighted by Crippen LogP contribution is 2.34. The molecule has 0 aliphatic carbocycles. The topological polar surface area (TPSA) is 101 Å². The van der Waals surface area contributed by atoms with Crippen LogP contribution in [0.25, 0.3) is 0 Å². The van der Waals surface area contributed by atoms with Gasteiger partial charge in [-0.3, -0.25) is 19.3 Å². The molecule has 1 atom stereocenters. The number of rotatable bonds is 18. The lowest BCUT2D eigenvalue weighted by molar-refractivity contribution is -0.147. The molecule has 0 bridgehead atoms. The van der Waals surface area contributed by atoms with Crippen LogP contribution in [0.3, 0.4) is 0 Å². The molecule has 38 heavy (non-hydrogen) atoms. The van der Waals surface area contributed by atoms with Gasteiger partial charge < -0.3 is 23.7 Å². The van der Waals surface area contributed by atoms with E-state index in [0.29, 0.717) is 35.5 Å². The fourth-order valence-corrected chi connectivity index (χ4v) is 4.45. The Balaban J connectivity index is 3.37. The Hall–Kier alpha value is -2.85.